The highest BCUT2D eigenvalue weighted by molar-refractivity contribution is 7.09. The molecule has 22 heavy (non-hydrogen) atoms. The Hall–Kier alpha value is -1.52. The number of thiazole rings is 1. The first kappa shape index (κ1) is 15.4. The van der Waals surface area contributed by atoms with Gasteiger partial charge in [0.15, 0.2) is 0 Å². The minimum Gasteiger partial charge on any atom is -0.375 e. The lowest BCUT2D eigenvalue weighted by molar-refractivity contribution is 0.0292. The number of nitrogens with one attached hydrogen (secondary N) is 1. The van der Waals surface area contributed by atoms with Crippen LogP contribution in [0.1, 0.15) is 16.3 Å². The van der Waals surface area contributed by atoms with Gasteiger partial charge in [0.2, 0.25) is 0 Å². The monoisotopic (exact) mass is 337 g/mol. The van der Waals surface area contributed by atoms with E-state index in [4.69, 9.17) is 16.3 Å². The first-order valence-electron chi connectivity index (χ1n) is 6.80. The van der Waals surface area contributed by atoms with Crippen LogP contribution in [0, 0.1) is 17.7 Å². The molecular weight excluding hydrogens is 325 g/mol. The fourth-order valence-electron chi connectivity index (χ4n) is 2.04. The number of halogens is 2. The van der Waals surface area contributed by atoms with Crippen LogP contribution in [0.5, 0.6) is 0 Å². The largest absolute Gasteiger partial charge is 0.375 e. The van der Waals surface area contributed by atoms with Crippen LogP contribution in [0.25, 0.3) is 0 Å². The summed E-state index contributed by atoms with van der Waals surface area (Å²) in [4.78, 5) is 8.25. The molecule has 1 fully saturated rings. The zero-order valence-corrected chi connectivity index (χ0v) is 13.2. The molecule has 1 aliphatic rings. The second-order valence-electron chi connectivity index (χ2n) is 4.76. The van der Waals surface area contributed by atoms with Crippen molar-refractivity contribution in [1.29, 1.82) is 0 Å². The third-order valence-electron chi connectivity index (χ3n) is 3.10. The Morgan fingerprint density at radius 2 is 2.41 bits per heavy atom. The molecule has 3 rings (SSSR count). The maximum Gasteiger partial charge on any atom is 0.143 e. The first-order chi connectivity index (χ1) is 10.7. The van der Waals surface area contributed by atoms with Crippen molar-refractivity contribution in [3.63, 3.8) is 0 Å². The summed E-state index contributed by atoms with van der Waals surface area (Å²) in [5.74, 6) is 5.09. The Kier molecular flexibility index (Phi) is 5.01. The Labute approximate surface area is 136 Å². The highest BCUT2D eigenvalue weighted by Crippen LogP contribution is 2.14. The number of rotatable bonds is 2. The van der Waals surface area contributed by atoms with E-state index in [1.165, 1.54) is 17.5 Å². The molecule has 2 aromatic rings. The normalized spacial score (nSPS) is 17.8. The Balaban J connectivity index is 1.68. The molecule has 1 N–H and O–H groups in total. The smallest absolute Gasteiger partial charge is 0.143 e. The van der Waals surface area contributed by atoms with Crippen molar-refractivity contribution in [2.45, 2.75) is 12.5 Å². The van der Waals surface area contributed by atoms with Crippen LogP contribution in [-0.2, 0) is 11.2 Å². The van der Waals surface area contributed by atoms with Crippen molar-refractivity contribution >= 4 is 22.9 Å². The third kappa shape index (κ3) is 4.02. The number of hydrogen-bond acceptors (Lipinski definition) is 5. The molecule has 0 aromatic carbocycles. The Morgan fingerprint density at radius 1 is 1.50 bits per heavy atom. The third-order valence-corrected chi connectivity index (χ3v) is 4.18. The number of nitrogens with zero attached hydrogens (tertiary/aromatic N) is 2. The van der Waals surface area contributed by atoms with E-state index in [2.05, 4.69) is 27.1 Å². The molecule has 1 unspecified atom stereocenters. The topological polar surface area (TPSA) is 47.0 Å². The standard InChI is InChI=1S/C15H13ClFN3OS/c16-14-6-13(17)10(7-19-14)1-2-11-9-22-15(20-11)5-12-8-18-3-4-21-12/h6-7,9,12,18H,3-5,8H2. The van der Waals surface area contributed by atoms with Crippen LogP contribution in [0.4, 0.5) is 4.39 Å². The molecule has 0 bridgehead atoms. The van der Waals surface area contributed by atoms with Crippen LogP contribution < -0.4 is 5.32 Å². The van der Waals surface area contributed by atoms with E-state index in [0.717, 1.165) is 37.2 Å². The fourth-order valence-corrected chi connectivity index (χ4v) is 2.98. The van der Waals surface area contributed by atoms with Crippen LogP contribution in [-0.4, -0.2) is 35.8 Å². The number of pyridine rings is 1. The van der Waals surface area contributed by atoms with Crippen LogP contribution in [0.3, 0.4) is 0 Å². The minimum absolute atomic E-state index is 0.111. The lowest BCUT2D eigenvalue weighted by Gasteiger charge is -2.22. The molecule has 0 aliphatic carbocycles. The van der Waals surface area contributed by atoms with Gasteiger partial charge >= 0.3 is 0 Å². The predicted molar refractivity (Wildman–Crippen MR) is 83.6 cm³/mol. The van der Waals surface area contributed by atoms with Gasteiger partial charge in [-0.3, -0.25) is 0 Å². The van der Waals surface area contributed by atoms with Gasteiger partial charge < -0.3 is 10.1 Å². The molecule has 3 heterocycles. The maximum atomic E-state index is 13.6. The number of hydrogen-bond donors (Lipinski definition) is 1. The summed E-state index contributed by atoms with van der Waals surface area (Å²) in [6, 6.07) is 1.14. The van der Waals surface area contributed by atoms with E-state index in [1.807, 2.05) is 5.38 Å². The van der Waals surface area contributed by atoms with Crippen molar-refractivity contribution in [3.8, 4) is 11.8 Å². The zero-order valence-electron chi connectivity index (χ0n) is 11.6. The average Bonchev–Trinajstić information content (AvgIpc) is 2.95. The summed E-state index contributed by atoms with van der Waals surface area (Å²) in [6.45, 7) is 2.46. The Bertz CT molecular complexity index is 719. The summed E-state index contributed by atoms with van der Waals surface area (Å²) < 4.78 is 19.2. The van der Waals surface area contributed by atoms with Crippen molar-refractivity contribution in [3.05, 3.63) is 44.9 Å². The molecule has 1 aliphatic heterocycles. The molecule has 2 aromatic heterocycles. The van der Waals surface area contributed by atoms with E-state index >= 15 is 0 Å². The molecule has 0 radical (unpaired) electrons. The molecule has 4 nitrogen and oxygen atoms in total. The van der Waals surface area contributed by atoms with Gasteiger partial charge in [-0.2, -0.15) is 0 Å². The van der Waals surface area contributed by atoms with Gasteiger partial charge in [0.25, 0.3) is 0 Å². The van der Waals surface area contributed by atoms with Crippen LogP contribution >= 0.6 is 22.9 Å². The highest BCUT2D eigenvalue weighted by atomic mass is 35.5. The number of morpholine rings is 1. The summed E-state index contributed by atoms with van der Waals surface area (Å²) in [7, 11) is 0. The Morgan fingerprint density at radius 3 is 3.18 bits per heavy atom. The highest BCUT2D eigenvalue weighted by Gasteiger charge is 2.15. The van der Waals surface area contributed by atoms with Gasteiger partial charge in [-0.05, 0) is 5.92 Å². The molecule has 1 saturated heterocycles. The molecule has 7 heteroatoms. The van der Waals surface area contributed by atoms with E-state index in [1.54, 1.807) is 0 Å². The SMILES string of the molecule is Fc1cc(Cl)ncc1C#Cc1csc(CC2CNCCO2)n1. The van der Waals surface area contributed by atoms with Crippen molar-refractivity contribution < 1.29 is 9.13 Å². The lowest BCUT2D eigenvalue weighted by atomic mass is 10.2. The zero-order chi connectivity index (χ0) is 15.4. The van der Waals surface area contributed by atoms with Crippen LogP contribution in [0.2, 0.25) is 5.15 Å². The van der Waals surface area contributed by atoms with Crippen molar-refractivity contribution in [1.82, 2.24) is 15.3 Å². The van der Waals surface area contributed by atoms with E-state index in [-0.39, 0.29) is 16.8 Å². The second-order valence-corrected chi connectivity index (χ2v) is 6.09. The number of ether oxygens (including phenoxy) is 1. The minimum atomic E-state index is -0.482. The van der Waals surface area contributed by atoms with Gasteiger partial charge in [-0.15, -0.1) is 11.3 Å². The van der Waals surface area contributed by atoms with Gasteiger partial charge in [-0.1, -0.05) is 17.5 Å². The summed E-state index contributed by atoms with van der Waals surface area (Å²) >= 11 is 7.14. The van der Waals surface area contributed by atoms with E-state index in [0.29, 0.717) is 5.69 Å². The van der Waals surface area contributed by atoms with E-state index < -0.39 is 5.82 Å². The van der Waals surface area contributed by atoms with Gasteiger partial charge in [0.1, 0.15) is 16.7 Å². The summed E-state index contributed by atoms with van der Waals surface area (Å²) in [5, 5.41) is 6.22. The molecule has 0 amide bonds. The summed E-state index contributed by atoms with van der Waals surface area (Å²) in [5.41, 5.74) is 0.830. The predicted octanol–water partition coefficient (Wildman–Crippen LogP) is 2.26. The maximum absolute atomic E-state index is 13.6. The van der Waals surface area contributed by atoms with Gasteiger partial charge in [-0.25, -0.2) is 14.4 Å². The molecule has 1 atom stereocenters. The van der Waals surface area contributed by atoms with Gasteiger partial charge in [0.05, 0.1) is 23.3 Å². The van der Waals surface area contributed by atoms with Crippen molar-refractivity contribution in [2.75, 3.05) is 19.7 Å². The summed E-state index contributed by atoms with van der Waals surface area (Å²) in [6.07, 6.45) is 2.23. The quantitative estimate of drug-likeness (QED) is 0.674. The second kappa shape index (κ2) is 7.16. The molecular formula is C15H13ClFN3OS. The fraction of sp³-hybridized carbons (Fsp3) is 0.333. The van der Waals surface area contributed by atoms with E-state index in [9.17, 15) is 4.39 Å². The number of aromatic nitrogens is 2. The average molecular weight is 338 g/mol. The molecule has 0 saturated carbocycles. The van der Waals surface area contributed by atoms with Crippen LogP contribution in [0.15, 0.2) is 17.6 Å². The molecule has 114 valence electrons. The first-order valence-corrected chi connectivity index (χ1v) is 8.06. The lowest BCUT2D eigenvalue weighted by Crippen LogP contribution is -2.39. The molecule has 0 spiro atoms. The van der Waals surface area contributed by atoms with Gasteiger partial charge in [0, 0.05) is 37.2 Å². The van der Waals surface area contributed by atoms with Crippen molar-refractivity contribution in [2.24, 2.45) is 0 Å².